The van der Waals surface area contributed by atoms with Crippen molar-refractivity contribution in [3.63, 3.8) is 0 Å². The van der Waals surface area contributed by atoms with E-state index in [9.17, 15) is 5.11 Å². The predicted octanol–water partition coefficient (Wildman–Crippen LogP) is 1.80. The van der Waals surface area contributed by atoms with E-state index in [1.165, 1.54) is 25.8 Å². The van der Waals surface area contributed by atoms with Crippen molar-refractivity contribution in [2.75, 3.05) is 13.1 Å². The van der Waals surface area contributed by atoms with Crippen molar-refractivity contribution in [3.8, 4) is 0 Å². The second-order valence-electron chi connectivity index (χ2n) is 4.02. The lowest BCUT2D eigenvalue weighted by Gasteiger charge is -2.35. The highest BCUT2D eigenvalue weighted by molar-refractivity contribution is 4.83. The van der Waals surface area contributed by atoms with Crippen LogP contribution in [-0.2, 0) is 0 Å². The SMILES string of the molecule is C=CCN1CCCCC1CC(C)O. The smallest absolute Gasteiger partial charge is 0.0527 e. The van der Waals surface area contributed by atoms with Crippen LogP contribution in [0.1, 0.15) is 32.6 Å². The third-order valence-corrected chi connectivity index (χ3v) is 2.73. The Morgan fingerprint density at radius 2 is 2.38 bits per heavy atom. The summed E-state index contributed by atoms with van der Waals surface area (Å²) in [6.07, 6.45) is 6.54. The summed E-state index contributed by atoms with van der Waals surface area (Å²) in [7, 11) is 0. The predicted molar refractivity (Wildman–Crippen MR) is 55.7 cm³/mol. The molecule has 1 aliphatic heterocycles. The van der Waals surface area contributed by atoms with E-state index in [-0.39, 0.29) is 6.10 Å². The molecule has 1 rings (SSSR count). The Balaban J connectivity index is 2.41. The molecule has 0 spiro atoms. The molecule has 76 valence electrons. The largest absolute Gasteiger partial charge is 0.393 e. The second kappa shape index (κ2) is 5.40. The summed E-state index contributed by atoms with van der Waals surface area (Å²) in [4.78, 5) is 2.43. The average Bonchev–Trinajstić information content (AvgIpc) is 2.08. The second-order valence-corrected chi connectivity index (χ2v) is 4.02. The maximum atomic E-state index is 9.34. The molecule has 1 fully saturated rings. The minimum absolute atomic E-state index is 0.171. The van der Waals surface area contributed by atoms with Crippen LogP contribution >= 0.6 is 0 Å². The molecule has 2 atom stereocenters. The average molecular weight is 183 g/mol. The first-order valence-electron chi connectivity index (χ1n) is 5.27. The Hall–Kier alpha value is -0.340. The highest BCUT2D eigenvalue weighted by Gasteiger charge is 2.22. The summed E-state index contributed by atoms with van der Waals surface area (Å²) >= 11 is 0. The minimum atomic E-state index is -0.171. The zero-order valence-corrected chi connectivity index (χ0v) is 8.58. The maximum absolute atomic E-state index is 9.34. The third kappa shape index (κ3) is 3.49. The first kappa shape index (κ1) is 10.7. The molecule has 1 N–H and O–H groups in total. The van der Waals surface area contributed by atoms with Crippen molar-refractivity contribution in [1.29, 1.82) is 0 Å². The molecular weight excluding hydrogens is 162 g/mol. The molecule has 13 heavy (non-hydrogen) atoms. The van der Waals surface area contributed by atoms with Crippen molar-refractivity contribution in [2.45, 2.75) is 44.8 Å². The summed E-state index contributed by atoms with van der Waals surface area (Å²) in [6, 6.07) is 0.576. The molecular formula is C11H21NO. The molecule has 2 heteroatoms. The lowest BCUT2D eigenvalue weighted by molar-refractivity contribution is 0.0952. The van der Waals surface area contributed by atoms with Gasteiger partial charge in [0.25, 0.3) is 0 Å². The third-order valence-electron chi connectivity index (χ3n) is 2.73. The standard InChI is InChI=1S/C11H21NO/c1-3-7-12-8-5-4-6-11(12)9-10(2)13/h3,10-11,13H,1,4-9H2,2H3. The zero-order valence-electron chi connectivity index (χ0n) is 8.58. The molecule has 0 bridgehead atoms. The molecule has 2 nitrogen and oxygen atoms in total. The van der Waals surface area contributed by atoms with Crippen molar-refractivity contribution in [3.05, 3.63) is 12.7 Å². The van der Waals surface area contributed by atoms with Gasteiger partial charge in [-0.1, -0.05) is 12.5 Å². The van der Waals surface area contributed by atoms with E-state index < -0.39 is 0 Å². The number of hydrogen-bond donors (Lipinski definition) is 1. The van der Waals surface area contributed by atoms with Crippen LogP contribution in [0, 0.1) is 0 Å². The number of aliphatic hydroxyl groups is 1. The van der Waals surface area contributed by atoms with E-state index in [0.29, 0.717) is 6.04 Å². The highest BCUT2D eigenvalue weighted by Crippen LogP contribution is 2.20. The summed E-state index contributed by atoms with van der Waals surface area (Å²) in [6.45, 7) is 7.78. The van der Waals surface area contributed by atoms with Gasteiger partial charge < -0.3 is 5.11 Å². The Labute approximate surface area is 81.2 Å². The fourth-order valence-electron chi connectivity index (χ4n) is 2.13. The van der Waals surface area contributed by atoms with Gasteiger partial charge in [-0.2, -0.15) is 0 Å². The van der Waals surface area contributed by atoms with Crippen molar-refractivity contribution >= 4 is 0 Å². The molecule has 0 radical (unpaired) electrons. The Morgan fingerprint density at radius 1 is 1.62 bits per heavy atom. The first-order chi connectivity index (χ1) is 6.24. The van der Waals surface area contributed by atoms with Gasteiger partial charge in [-0.25, -0.2) is 0 Å². The summed E-state index contributed by atoms with van der Waals surface area (Å²) in [5.41, 5.74) is 0. The normalized spacial score (nSPS) is 27.1. The van der Waals surface area contributed by atoms with Crippen LogP contribution in [0.4, 0.5) is 0 Å². The molecule has 0 aromatic carbocycles. The summed E-state index contributed by atoms with van der Waals surface area (Å²) < 4.78 is 0. The van der Waals surface area contributed by atoms with E-state index in [1.54, 1.807) is 0 Å². The van der Waals surface area contributed by atoms with Gasteiger partial charge in [0.15, 0.2) is 0 Å². The van der Waals surface area contributed by atoms with Crippen LogP contribution < -0.4 is 0 Å². The number of hydrogen-bond acceptors (Lipinski definition) is 2. The molecule has 0 aliphatic carbocycles. The molecule has 0 aromatic heterocycles. The van der Waals surface area contributed by atoms with Crippen LogP contribution in [-0.4, -0.2) is 35.2 Å². The maximum Gasteiger partial charge on any atom is 0.0527 e. The number of nitrogens with zero attached hydrogens (tertiary/aromatic N) is 1. The van der Waals surface area contributed by atoms with E-state index >= 15 is 0 Å². The molecule has 0 aromatic rings. The van der Waals surface area contributed by atoms with Gasteiger partial charge in [0.05, 0.1) is 6.10 Å². The van der Waals surface area contributed by atoms with E-state index in [2.05, 4.69) is 11.5 Å². The fraction of sp³-hybridized carbons (Fsp3) is 0.818. The van der Waals surface area contributed by atoms with Gasteiger partial charge in [0, 0.05) is 12.6 Å². The fourth-order valence-corrected chi connectivity index (χ4v) is 2.13. The Kier molecular flexibility index (Phi) is 4.46. The molecule has 1 heterocycles. The number of likely N-dealkylation sites (tertiary alicyclic amines) is 1. The molecule has 0 amide bonds. The number of aliphatic hydroxyl groups excluding tert-OH is 1. The van der Waals surface area contributed by atoms with Crippen molar-refractivity contribution in [1.82, 2.24) is 4.90 Å². The van der Waals surface area contributed by atoms with Gasteiger partial charge in [-0.05, 0) is 32.7 Å². The topological polar surface area (TPSA) is 23.5 Å². The molecule has 2 unspecified atom stereocenters. The molecule has 1 aliphatic rings. The van der Waals surface area contributed by atoms with Gasteiger partial charge in [0.1, 0.15) is 0 Å². The summed E-state index contributed by atoms with van der Waals surface area (Å²) in [5, 5.41) is 9.34. The van der Waals surface area contributed by atoms with Gasteiger partial charge in [-0.3, -0.25) is 4.90 Å². The first-order valence-corrected chi connectivity index (χ1v) is 5.27. The van der Waals surface area contributed by atoms with E-state index in [1.807, 2.05) is 13.0 Å². The van der Waals surface area contributed by atoms with Crippen LogP contribution in [0.15, 0.2) is 12.7 Å². The van der Waals surface area contributed by atoms with Gasteiger partial charge in [0.2, 0.25) is 0 Å². The van der Waals surface area contributed by atoms with Crippen LogP contribution in [0.3, 0.4) is 0 Å². The number of piperidine rings is 1. The van der Waals surface area contributed by atoms with Gasteiger partial charge in [-0.15, -0.1) is 6.58 Å². The lowest BCUT2D eigenvalue weighted by Crippen LogP contribution is -2.41. The van der Waals surface area contributed by atoms with Gasteiger partial charge >= 0.3 is 0 Å². The zero-order chi connectivity index (χ0) is 9.68. The minimum Gasteiger partial charge on any atom is -0.393 e. The lowest BCUT2D eigenvalue weighted by atomic mass is 9.97. The van der Waals surface area contributed by atoms with Crippen LogP contribution in [0.2, 0.25) is 0 Å². The van der Waals surface area contributed by atoms with E-state index in [0.717, 1.165) is 13.0 Å². The number of rotatable bonds is 4. The summed E-state index contributed by atoms with van der Waals surface area (Å²) in [5.74, 6) is 0. The van der Waals surface area contributed by atoms with Crippen LogP contribution in [0.25, 0.3) is 0 Å². The Morgan fingerprint density at radius 3 is 3.00 bits per heavy atom. The quantitative estimate of drug-likeness (QED) is 0.672. The molecule has 1 saturated heterocycles. The van der Waals surface area contributed by atoms with E-state index in [4.69, 9.17) is 0 Å². The van der Waals surface area contributed by atoms with Crippen molar-refractivity contribution in [2.24, 2.45) is 0 Å². The molecule has 0 saturated carbocycles. The monoisotopic (exact) mass is 183 g/mol. The van der Waals surface area contributed by atoms with Crippen LogP contribution in [0.5, 0.6) is 0 Å². The van der Waals surface area contributed by atoms with Crippen molar-refractivity contribution < 1.29 is 5.11 Å². The Bertz CT molecular complexity index is 156. The highest BCUT2D eigenvalue weighted by atomic mass is 16.3.